The Labute approximate surface area is 221 Å². The quantitative estimate of drug-likeness (QED) is 0.144. The molecule has 0 saturated heterocycles. The number of allylic oxidation sites excluding steroid dienone is 2. The fraction of sp³-hybridized carbons (Fsp3) is 0.879. The van der Waals surface area contributed by atoms with Crippen molar-refractivity contribution in [2.75, 3.05) is 20.1 Å². The number of hydrogen-bond acceptors (Lipinski definition) is 2. The third kappa shape index (κ3) is 12.7. The van der Waals surface area contributed by atoms with Crippen molar-refractivity contribution < 1.29 is 0 Å². The van der Waals surface area contributed by atoms with Crippen molar-refractivity contribution >= 4 is 0 Å². The fourth-order valence-electron chi connectivity index (χ4n) is 6.19. The van der Waals surface area contributed by atoms with E-state index in [2.05, 4.69) is 84.5 Å². The van der Waals surface area contributed by atoms with E-state index in [9.17, 15) is 0 Å². The predicted molar refractivity (Wildman–Crippen MR) is 159 cm³/mol. The maximum absolute atomic E-state index is 4.27. The summed E-state index contributed by atoms with van der Waals surface area (Å²) in [6, 6.07) is 0. The second-order valence-electron chi connectivity index (χ2n) is 12.8. The smallest absolute Gasteiger partial charge is 0.0936 e. The lowest BCUT2D eigenvalue weighted by atomic mass is 9.67. The molecule has 0 radical (unpaired) electrons. The SMILES string of the molecule is C=C(NCCCCCC1CC(C)C(C)C(CC)C1)N(C)CCCC/C=C/CC(C)C(C)(C)CCC. The van der Waals surface area contributed by atoms with E-state index in [4.69, 9.17) is 0 Å². The van der Waals surface area contributed by atoms with Crippen LogP contribution in [0.5, 0.6) is 0 Å². The molecule has 2 nitrogen and oxygen atoms in total. The molecule has 1 N–H and O–H groups in total. The summed E-state index contributed by atoms with van der Waals surface area (Å²) >= 11 is 0. The zero-order valence-electron chi connectivity index (χ0n) is 25.3. The van der Waals surface area contributed by atoms with Crippen LogP contribution in [-0.2, 0) is 0 Å². The molecule has 206 valence electrons. The first-order chi connectivity index (χ1) is 16.6. The summed E-state index contributed by atoms with van der Waals surface area (Å²) in [6.07, 6.45) is 22.1. The Morgan fingerprint density at radius 1 is 1.06 bits per heavy atom. The Morgan fingerprint density at radius 2 is 1.80 bits per heavy atom. The summed E-state index contributed by atoms with van der Waals surface area (Å²) in [6.45, 7) is 23.3. The topological polar surface area (TPSA) is 15.3 Å². The average molecular weight is 489 g/mol. The average Bonchev–Trinajstić information content (AvgIpc) is 2.82. The predicted octanol–water partition coefficient (Wildman–Crippen LogP) is 9.83. The van der Waals surface area contributed by atoms with Gasteiger partial charge in [0.1, 0.15) is 0 Å². The van der Waals surface area contributed by atoms with E-state index in [0.29, 0.717) is 5.41 Å². The zero-order chi connectivity index (χ0) is 26.3. The monoisotopic (exact) mass is 489 g/mol. The molecule has 0 aliphatic heterocycles. The van der Waals surface area contributed by atoms with Gasteiger partial charge in [-0.3, -0.25) is 0 Å². The minimum atomic E-state index is 0.459. The Hall–Kier alpha value is -0.920. The molecule has 0 aromatic carbocycles. The minimum Gasteiger partial charge on any atom is -0.372 e. The lowest BCUT2D eigenvalue weighted by molar-refractivity contribution is 0.119. The van der Waals surface area contributed by atoms with Crippen LogP contribution in [-0.4, -0.2) is 25.0 Å². The molecule has 0 heterocycles. The van der Waals surface area contributed by atoms with Crippen LogP contribution in [0.2, 0.25) is 0 Å². The Kier molecular flexibility index (Phi) is 16.1. The van der Waals surface area contributed by atoms with Gasteiger partial charge in [0.25, 0.3) is 0 Å². The highest BCUT2D eigenvalue weighted by Crippen LogP contribution is 2.41. The van der Waals surface area contributed by atoms with Gasteiger partial charge in [-0.2, -0.15) is 0 Å². The van der Waals surface area contributed by atoms with Gasteiger partial charge in [0.05, 0.1) is 5.82 Å². The standard InChI is InChI=1S/C33H64N2/c1-10-22-33(7,8)28(4)20-16-13-12-14-19-24-35(9)30(6)34-23-18-15-17-21-31-25-27(3)29(5)32(11-2)26-31/h13,16,27-29,31-32,34H,6,10-12,14-15,17-26H2,1-5,7-9H3/b16-13+. The molecule has 2 heteroatoms. The van der Waals surface area contributed by atoms with Crippen molar-refractivity contribution in [3.8, 4) is 0 Å². The Bertz CT molecular complexity index is 578. The van der Waals surface area contributed by atoms with E-state index in [1.807, 2.05) is 0 Å². The van der Waals surface area contributed by atoms with Gasteiger partial charge in [0.15, 0.2) is 0 Å². The van der Waals surface area contributed by atoms with Crippen molar-refractivity contribution in [2.24, 2.45) is 35.0 Å². The van der Waals surface area contributed by atoms with Gasteiger partial charge in [0, 0.05) is 20.1 Å². The molecular formula is C33H64N2. The van der Waals surface area contributed by atoms with Crippen molar-refractivity contribution in [2.45, 2.75) is 132 Å². The van der Waals surface area contributed by atoms with Crippen LogP contribution in [0.3, 0.4) is 0 Å². The summed E-state index contributed by atoms with van der Waals surface area (Å²) in [4.78, 5) is 2.30. The molecule has 1 rings (SSSR count). The summed E-state index contributed by atoms with van der Waals surface area (Å²) in [5, 5.41) is 3.57. The molecule has 0 aromatic rings. The summed E-state index contributed by atoms with van der Waals surface area (Å²) < 4.78 is 0. The van der Waals surface area contributed by atoms with E-state index in [1.165, 1.54) is 83.5 Å². The molecule has 0 bridgehead atoms. The van der Waals surface area contributed by atoms with E-state index < -0.39 is 0 Å². The minimum absolute atomic E-state index is 0.459. The zero-order valence-corrected chi connectivity index (χ0v) is 25.3. The van der Waals surface area contributed by atoms with E-state index >= 15 is 0 Å². The van der Waals surface area contributed by atoms with Crippen LogP contribution >= 0.6 is 0 Å². The lowest BCUT2D eigenvalue weighted by Crippen LogP contribution is -2.29. The third-order valence-corrected chi connectivity index (χ3v) is 9.58. The molecule has 35 heavy (non-hydrogen) atoms. The number of unbranched alkanes of at least 4 members (excludes halogenated alkanes) is 4. The summed E-state index contributed by atoms with van der Waals surface area (Å²) in [7, 11) is 2.18. The molecule has 5 unspecified atom stereocenters. The lowest BCUT2D eigenvalue weighted by Gasteiger charge is -2.38. The number of nitrogens with zero attached hydrogens (tertiary/aromatic N) is 1. The van der Waals surface area contributed by atoms with Crippen LogP contribution in [0.1, 0.15) is 132 Å². The molecule has 1 aliphatic carbocycles. The molecule has 0 amide bonds. The van der Waals surface area contributed by atoms with Crippen LogP contribution in [0, 0.1) is 35.0 Å². The maximum Gasteiger partial charge on any atom is 0.0936 e. The summed E-state index contributed by atoms with van der Waals surface area (Å²) in [5.74, 6) is 5.64. The third-order valence-electron chi connectivity index (χ3n) is 9.58. The first kappa shape index (κ1) is 32.1. The van der Waals surface area contributed by atoms with Crippen LogP contribution in [0.15, 0.2) is 24.6 Å². The summed E-state index contributed by atoms with van der Waals surface area (Å²) in [5.41, 5.74) is 0.459. The van der Waals surface area contributed by atoms with E-state index in [1.54, 1.807) is 0 Å². The highest BCUT2D eigenvalue weighted by Gasteiger charge is 2.31. The van der Waals surface area contributed by atoms with Gasteiger partial charge < -0.3 is 10.2 Å². The van der Waals surface area contributed by atoms with Gasteiger partial charge in [0.2, 0.25) is 0 Å². The van der Waals surface area contributed by atoms with Gasteiger partial charge in [-0.15, -0.1) is 0 Å². The Balaban J connectivity index is 2.06. The molecule has 1 aliphatic rings. The molecule has 1 saturated carbocycles. The normalized spacial score (nSPS) is 24.0. The van der Waals surface area contributed by atoms with Crippen LogP contribution in [0.25, 0.3) is 0 Å². The van der Waals surface area contributed by atoms with Crippen molar-refractivity contribution in [1.29, 1.82) is 0 Å². The van der Waals surface area contributed by atoms with Crippen LogP contribution < -0.4 is 5.32 Å². The molecule has 0 spiro atoms. The van der Waals surface area contributed by atoms with Crippen molar-refractivity contribution in [3.63, 3.8) is 0 Å². The maximum atomic E-state index is 4.27. The molecule has 5 atom stereocenters. The van der Waals surface area contributed by atoms with Crippen molar-refractivity contribution in [1.82, 2.24) is 10.2 Å². The second-order valence-corrected chi connectivity index (χ2v) is 12.8. The van der Waals surface area contributed by atoms with Gasteiger partial charge >= 0.3 is 0 Å². The largest absolute Gasteiger partial charge is 0.372 e. The molecule has 0 aromatic heterocycles. The number of hydrogen-bond donors (Lipinski definition) is 1. The highest BCUT2D eigenvalue weighted by atomic mass is 15.2. The Morgan fingerprint density at radius 3 is 2.49 bits per heavy atom. The molecular weight excluding hydrogens is 424 g/mol. The fourth-order valence-corrected chi connectivity index (χ4v) is 6.19. The highest BCUT2D eigenvalue weighted by molar-refractivity contribution is 4.90. The number of rotatable bonds is 19. The second kappa shape index (κ2) is 17.5. The first-order valence-electron chi connectivity index (χ1n) is 15.4. The van der Waals surface area contributed by atoms with Gasteiger partial charge in [-0.1, -0.05) is 99.3 Å². The van der Waals surface area contributed by atoms with Crippen LogP contribution in [0.4, 0.5) is 0 Å². The van der Waals surface area contributed by atoms with E-state index in [0.717, 1.165) is 48.5 Å². The molecule has 1 fully saturated rings. The van der Waals surface area contributed by atoms with Gasteiger partial charge in [-0.25, -0.2) is 0 Å². The number of nitrogens with one attached hydrogen (secondary N) is 1. The first-order valence-corrected chi connectivity index (χ1v) is 15.4. The van der Waals surface area contributed by atoms with Crippen molar-refractivity contribution in [3.05, 3.63) is 24.6 Å². The van der Waals surface area contributed by atoms with Gasteiger partial charge in [-0.05, 0) is 86.4 Å². The van der Waals surface area contributed by atoms with E-state index in [-0.39, 0.29) is 0 Å².